The Morgan fingerprint density at radius 3 is 2.72 bits per heavy atom. The molecule has 0 saturated carbocycles. The molecule has 5 heteroatoms. The smallest absolute Gasteiger partial charge is 0.355 e. The van der Waals surface area contributed by atoms with Gasteiger partial charge in [0.15, 0.2) is 10.8 Å². The first-order chi connectivity index (χ1) is 8.66. The van der Waals surface area contributed by atoms with Crippen LogP contribution in [-0.4, -0.2) is 22.6 Å². The van der Waals surface area contributed by atoms with E-state index < -0.39 is 5.97 Å². The topological polar surface area (TPSA) is 62.2 Å². The summed E-state index contributed by atoms with van der Waals surface area (Å²) in [5.41, 5.74) is 1.39. The lowest BCUT2D eigenvalue weighted by molar-refractivity contribution is 0.0690. The van der Waals surface area contributed by atoms with E-state index in [9.17, 15) is 4.79 Å². The number of aryl methyl sites for hydroxylation is 1. The largest absolute Gasteiger partial charge is 0.476 e. The van der Waals surface area contributed by atoms with Crippen LogP contribution in [0.4, 0.5) is 5.13 Å². The molecule has 2 aromatic rings. The fourth-order valence-electron chi connectivity index (χ4n) is 1.63. The summed E-state index contributed by atoms with van der Waals surface area (Å²) < 4.78 is 0. The lowest BCUT2D eigenvalue weighted by Gasteiger charge is -2.02. The molecule has 0 unspecified atom stereocenters. The molecule has 0 atom stereocenters. The van der Waals surface area contributed by atoms with E-state index in [1.54, 1.807) is 6.92 Å². The first-order valence-electron chi connectivity index (χ1n) is 5.65. The standard InChI is InChI=1S/C13H14N2O2S/c1-9-11(12(16)17)15-13(18-9)14-8-7-10-5-3-2-4-6-10/h2-6H,7-8H2,1H3,(H,14,15)(H,16,17). The highest BCUT2D eigenvalue weighted by molar-refractivity contribution is 7.15. The number of aromatic carboxylic acids is 1. The molecule has 1 aromatic carbocycles. The molecule has 1 aromatic heterocycles. The van der Waals surface area contributed by atoms with Gasteiger partial charge in [-0.1, -0.05) is 30.3 Å². The van der Waals surface area contributed by atoms with Gasteiger partial charge in [0, 0.05) is 11.4 Å². The normalized spacial score (nSPS) is 10.3. The maximum Gasteiger partial charge on any atom is 0.355 e. The van der Waals surface area contributed by atoms with Crippen LogP contribution < -0.4 is 5.32 Å². The van der Waals surface area contributed by atoms with E-state index in [-0.39, 0.29) is 5.69 Å². The van der Waals surface area contributed by atoms with Crippen molar-refractivity contribution < 1.29 is 9.90 Å². The molecule has 1 heterocycles. The van der Waals surface area contributed by atoms with Gasteiger partial charge in [0.2, 0.25) is 0 Å². The van der Waals surface area contributed by atoms with E-state index in [0.29, 0.717) is 5.13 Å². The minimum atomic E-state index is -0.972. The Kier molecular flexibility index (Phi) is 3.94. The number of nitrogens with one attached hydrogen (secondary N) is 1. The molecule has 0 aliphatic rings. The summed E-state index contributed by atoms with van der Waals surface area (Å²) in [6, 6.07) is 10.1. The second-order valence-electron chi connectivity index (χ2n) is 3.89. The van der Waals surface area contributed by atoms with Crippen LogP contribution in [0.5, 0.6) is 0 Å². The summed E-state index contributed by atoms with van der Waals surface area (Å²) in [5.74, 6) is -0.972. The Bertz CT molecular complexity index is 537. The van der Waals surface area contributed by atoms with Crippen LogP contribution in [0.25, 0.3) is 0 Å². The van der Waals surface area contributed by atoms with Crippen LogP contribution >= 0.6 is 11.3 Å². The predicted octanol–water partition coefficient (Wildman–Crippen LogP) is 2.80. The van der Waals surface area contributed by atoms with Gasteiger partial charge in [0.1, 0.15) is 0 Å². The molecule has 0 amide bonds. The Balaban J connectivity index is 1.91. The highest BCUT2D eigenvalue weighted by Gasteiger charge is 2.13. The highest BCUT2D eigenvalue weighted by Crippen LogP contribution is 2.21. The number of carbonyl (C=O) groups is 1. The lowest BCUT2D eigenvalue weighted by atomic mass is 10.2. The van der Waals surface area contributed by atoms with Crippen LogP contribution in [0, 0.1) is 6.92 Å². The molecule has 2 rings (SSSR count). The van der Waals surface area contributed by atoms with Crippen molar-refractivity contribution in [1.29, 1.82) is 0 Å². The second kappa shape index (κ2) is 5.64. The van der Waals surface area contributed by atoms with Gasteiger partial charge in [-0.25, -0.2) is 9.78 Å². The molecule has 2 N–H and O–H groups in total. The van der Waals surface area contributed by atoms with Crippen molar-refractivity contribution in [2.45, 2.75) is 13.3 Å². The third-order valence-electron chi connectivity index (χ3n) is 2.53. The zero-order chi connectivity index (χ0) is 13.0. The van der Waals surface area contributed by atoms with Crippen LogP contribution in [-0.2, 0) is 6.42 Å². The maximum atomic E-state index is 10.8. The molecule has 0 saturated heterocycles. The van der Waals surface area contributed by atoms with Crippen molar-refractivity contribution in [3.63, 3.8) is 0 Å². The van der Waals surface area contributed by atoms with E-state index in [1.807, 2.05) is 18.2 Å². The second-order valence-corrected chi connectivity index (χ2v) is 5.09. The molecule has 0 bridgehead atoms. The van der Waals surface area contributed by atoms with E-state index >= 15 is 0 Å². The zero-order valence-electron chi connectivity index (χ0n) is 10.0. The quantitative estimate of drug-likeness (QED) is 0.869. The Hall–Kier alpha value is -1.88. The number of aromatic nitrogens is 1. The van der Waals surface area contributed by atoms with Crippen molar-refractivity contribution in [3.05, 3.63) is 46.5 Å². The highest BCUT2D eigenvalue weighted by atomic mass is 32.1. The minimum absolute atomic E-state index is 0.141. The Morgan fingerprint density at radius 1 is 1.39 bits per heavy atom. The van der Waals surface area contributed by atoms with Crippen molar-refractivity contribution in [2.75, 3.05) is 11.9 Å². The van der Waals surface area contributed by atoms with E-state index in [4.69, 9.17) is 5.11 Å². The monoisotopic (exact) mass is 262 g/mol. The summed E-state index contributed by atoms with van der Waals surface area (Å²) in [6.07, 6.45) is 0.891. The van der Waals surface area contributed by atoms with Gasteiger partial charge in [0.25, 0.3) is 0 Å². The third kappa shape index (κ3) is 3.07. The Morgan fingerprint density at radius 2 is 2.11 bits per heavy atom. The van der Waals surface area contributed by atoms with Gasteiger partial charge in [-0.2, -0.15) is 0 Å². The molecule has 0 radical (unpaired) electrons. The number of nitrogens with zero attached hydrogens (tertiary/aromatic N) is 1. The van der Waals surface area contributed by atoms with Gasteiger partial charge >= 0.3 is 5.97 Å². The van der Waals surface area contributed by atoms with Crippen LogP contribution in [0.15, 0.2) is 30.3 Å². The molecule has 4 nitrogen and oxygen atoms in total. The zero-order valence-corrected chi connectivity index (χ0v) is 10.8. The molecular weight excluding hydrogens is 248 g/mol. The Labute approximate surface area is 109 Å². The molecule has 0 aliphatic carbocycles. The number of hydrogen-bond donors (Lipinski definition) is 2. The summed E-state index contributed by atoms with van der Waals surface area (Å²) in [7, 11) is 0. The number of carboxylic acid groups (broad SMARTS) is 1. The number of carboxylic acids is 1. The first kappa shape index (κ1) is 12.6. The van der Waals surface area contributed by atoms with Gasteiger partial charge in [-0.3, -0.25) is 0 Å². The SMILES string of the molecule is Cc1sc(NCCc2ccccc2)nc1C(=O)O. The average molecular weight is 262 g/mol. The van der Waals surface area contributed by atoms with Crippen LogP contribution in [0.3, 0.4) is 0 Å². The van der Waals surface area contributed by atoms with E-state index in [2.05, 4.69) is 22.4 Å². The number of thiazole rings is 1. The maximum absolute atomic E-state index is 10.8. The molecule has 0 spiro atoms. The summed E-state index contributed by atoms with van der Waals surface area (Å²) in [4.78, 5) is 15.6. The van der Waals surface area contributed by atoms with Crippen molar-refractivity contribution in [3.8, 4) is 0 Å². The van der Waals surface area contributed by atoms with Crippen LogP contribution in [0.1, 0.15) is 20.9 Å². The van der Waals surface area contributed by atoms with Crippen LogP contribution in [0.2, 0.25) is 0 Å². The molecule has 94 valence electrons. The van der Waals surface area contributed by atoms with Gasteiger partial charge < -0.3 is 10.4 Å². The van der Waals surface area contributed by atoms with Crippen molar-refractivity contribution in [1.82, 2.24) is 4.98 Å². The van der Waals surface area contributed by atoms with E-state index in [1.165, 1.54) is 16.9 Å². The summed E-state index contributed by atoms with van der Waals surface area (Å²) in [6.45, 7) is 2.51. The molecular formula is C13H14N2O2S. The van der Waals surface area contributed by atoms with Gasteiger partial charge in [-0.05, 0) is 18.9 Å². The number of rotatable bonds is 5. The molecule has 0 fully saturated rings. The fraction of sp³-hybridized carbons (Fsp3) is 0.231. The average Bonchev–Trinajstić information content (AvgIpc) is 2.72. The van der Waals surface area contributed by atoms with Crippen molar-refractivity contribution in [2.24, 2.45) is 0 Å². The van der Waals surface area contributed by atoms with Gasteiger partial charge in [-0.15, -0.1) is 11.3 Å². The summed E-state index contributed by atoms with van der Waals surface area (Å²) >= 11 is 1.37. The number of benzene rings is 1. The third-order valence-corrected chi connectivity index (χ3v) is 3.46. The molecule has 18 heavy (non-hydrogen) atoms. The lowest BCUT2D eigenvalue weighted by Crippen LogP contribution is -2.05. The fourth-order valence-corrected chi connectivity index (χ4v) is 2.46. The van der Waals surface area contributed by atoms with Gasteiger partial charge in [0.05, 0.1) is 0 Å². The number of anilines is 1. The summed E-state index contributed by atoms with van der Waals surface area (Å²) in [5, 5.41) is 12.7. The first-order valence-corrected chi connectivity index (χ1v) is 6.47. The number of hydrogen-bond acceptors (Lipinski definition) is 4. The molecule has 0 aliphatic heterocycles. The van der Waals surface area contributed by atoms with E-state index in [0.717, 1.165) is 17.8 Å². The minimum Gasteiger partial charge on any atom is -0.476 e. The predicted molar refractivity (Wildman–Crippen MR) is 72.4 cm³/mol. The van der Waals surface area contributed by atoms with Crippen molar-refractivity contribution >= 4 is 22.4 Å².